The first kappa shape index (κ1) is 9.19. The van der Waals surface area contributed by atoms with E-state index < -0.39 is 0 Å². The number of anilines is 1. The first-order chi connectivity index (χ1) is 7.31. The summed E-state index contributed by atoms with van der Waals surface area (Å²) in [6.45, 7) is 1.01. The predicted molar refractivity (Wildman–Crippen MR) is 60.1 cm³/mol. The van der Waals surface area contributed by atoms with Gasteiger partial charge in [-0.2, -0.15) is 0 Å². The van der Waals surface area contributed by atoms with E-state index in [2.05, 4.69) is 16.7 Å². The molecule has 3 nitrogen and oxygen atoms in total. The highest BCUT2D eigenvalue weighted by molar-refractivity contribution is 5.62. The lowest BCUT2D eigenvalue weighted by Gasteiger charge is -2.32. The van der Waals surface area contributed by atoms with Crippen molar-refractivity contribution >= 4 is 5.69 Å². The standard InChI is InChI=1S/C12H16N2O/c1-13-10-5-7-6-14-9-4-2-3-8(11(7)9)12(10)15/h2-4,7,10,12-15H,5-6H2,1H3. The largest absolute Gasteiger partial charge is 0.387 e. The SMILES string of the molecule is CNC1CC2CNc3cccc(c32)C1O. The smallest absolute Gasteiger partial charge is 0.0946 e. The van der Waals surface area contributed by atoms with Crippen LogP contribution in [-0.2, 0) is 0 Å². The van der Waals surface area contributed by atoms with Gasteiger partial charge in [0.15, 0.2) is 0 Å². The summed E-state index contributed by atoms with van der Waals surface area (Å²) in [5.41, 5.74) is 3.66. The minimum absolute atomic E-state index is 0.192. The van der Waals surface area contributed by atoms with Crippen molar-refractivity contribution in [2.45, 2.75) is 24.5 Å². The molecule has 0 radical (unpaired) electrons. The van der Waals surface area contributed by atoms with Crippen molar-refractivity contribution in [3.63, 3.8) is 0 Å². The number of benzene rings is 1. The first-order valence-corrected chi connectivity index (χ1v) is 5.53. The van der Waals surface area contributed by atoms with Gasteiger partial charge in [-0.1, -0.05) is 12.1 Å². The maximum atomic E-state index is 10.2. The van der Waals surface area contributed by atoms with Crippen LogP contribution in [0.15, 0.2) is 18.2 Å². The van der Waals surface area contributed by atoms with Gasteiger partial charge in [-0.25, -0.2) is 0 Å². The quantitative estimate of drug-likeness (QED) is 0.644. The van der Waals surface area contributed by atoms with Crippen LogP contribution in [0.25, 0.3) is 0 Å². The van der Waals surface area contributed by atoms with E-state index in [1.807, 2.05) is 19.2 Å². The maximum Gasteiger partial charge on any atom is 0.0946 e. The molecule has 0 saturated heterocycles. The summed E-state index contributed by atoms with van der Waals surface area (Å²) in [5.74, 6) is 0.567. The van der Waals surface area contributed by atoms with Crippen molar-refractivity contribution in [1.82, 2.24) is 5.32 Å². The number of nitrogens with one attached hydrogen (secondary N) is 2. The van der Waals surface area contributed by atoms with Gasteiger partial charge >= 0.3 is 0 Å². The summed E-state index contributed by atoms with van der Waals surface area (Å²) < 4.78 is 0. The zero-order chi connectivity index (χ0) is 10.4. The van der Waals surface area contributed by atoms with Crippen molar-refractivity contribution in [3.8, 4) is 0 Å². The summed E-state index contributed by atoms with van der Waals surface area (Å²) >= 11 is 0. The van der Waals surface area contributed by atoms with Crippen LogP contribution in [0.4, 0.5) is 5.69 Å². The first-order valence-electron chi connectivity index (χ1n) is 5.53. The number of aliphatic hydroxyl groups is 1. The van der Waals surface area contributed by atoms with E-state index in [1.165, 1.54) is 11.3 Å². The Bertz CT molecular complexity index is 391. The van der Waals surface area contributed by atoms with Gasteiger partial charge in [0, 0.05) is 24.2 Å². The van der Waals surface area contributed by atoms with E-state index in [4.69, 9.17) is 0 Å². The molecule has 15 heavy (non-hydrogen) atoms. The van der Waals surface area contributed by atoms with Gasteiger partial charge in [-0.05, 0) is 30.7 Å². The Hall–Kier alpha value is -1.06. The number of rotatable bonds is 1. The summed E-state index contributed by atoms with van der Waals surface area (Å²) in [6.07, 6.45) is 0.662. The van der Waals surface area contributed by atoms with Gasteiger partial charge in [0.05, 0.1) is 6.10 Å². The summed E-state index contributed by atoms with van der Waals surface area (Å²) in [4.78, 5) is 0. The average Bonchev–Trinajstić information content (AvgIpc) is 2.68. The van der Waals surface area contributed by atoms with Crippen molar-refractivity contribution in [1.29, 1.82) is 0 Å². The Kier molecular flexibility index (Phi) is 1.97. The Labute approximate surface area is 89.5 Å². The van der Waals surface area contributed by atoms with Crippen LogP contribution >= 0.6 is 0 Å². The third-order valence-electron chi connectivity index (χ3n) is 3.70. The molecule has 1 aliphatic heterocycles. The van der Waals surface area contributed by atoms with Gasteiger partial charge in [-0.3, -0.25) is 0 Å². The lowest BCUT2D eigenvalue weighted by atomic mass is 9.79. The molecule has 0 aromatic heterocycles. The van der Waals surface area contributed by atoms with E-state index in [0.29, 0.717) is 5.92 Å². The van der Waals surface area contributed by atoms with Crippen LogP contribution in [0.5, 0.6) is 0 Å². The van der Waals surface area contributed by atoms with E-state index in [-0.39, 0.29) is 12.1 Å². The topological polar surface area (TPSA) is 44.3 Å². The molecule has 3 heteroatoms. The van der Waals surface area contributed by atoms with Gasteiger partial charge < -0.3 is 15.7 Å². The summed E-state index contributed by atoms with van der Waals surface area (Å²) in [5, 5.41) is 16.8. The molecule has 80 valence electrons. The van der Waals surface area contributed by atoms with Crippen LogP contribution in [0.3, 0.4) is 0 Å². The molecule has 1 aromatic rings. The van der Waals surface area contributed by atoms with Crippen molar-refractivity contribution in [3.05, 3.63) is 29.3 Å². The zero-order valence-electron chi connectivity index (χ0n) is 8.83. The second kappa shape index (κ2) is 3.22. The highest BCUT2D eigenvalue weighted by atomic mass is 16.3. The molecule has 3 atom stereocenters. The molecule has 1 heterocycles. The van der Waals surface area contributed by atoms with Crippen LogP contribution in [0, 0.1) is 0 Å². The van der Waals surface area contributed by atoms with Gasteiger partial charge in [0.2, 0.25) is 0 Å². The minimum Gasteiger partial charge on any atom is -0.387 e. The minimum atomic E-state index is -0.360. The van der Waals surface area contributed by atoms with Crippen LogP contribution in [0.2, 0.25) is 0 Å². The molecule has 1 aromatic carbocycles. The van der Waals surface area contributed by atoms with E-state index in [1.54, 1.807) is 0 Å². The molecule has 3 rings (SSSR count). The highest BCUT2D eigenvalue weighted by Gasteiger charge is 2.37. The zero-order valence-corrected chi connectivity index (χ0v) is 8.83. The fraction of sp³-hybridized carbons (Fsp3) is 0.500. The molecule has 0 amide bonds. The number of hydrogen-bond donors (Lipinski definition) is 3. The van der Waals surface area contributed by atoms with Crippen molar-refractivity contribution < 1.29 is 5.11 Å². The Morgan fingerprint density at radius 3 is 3.13 bits per heavy atom. The second-order valence-electron chi connectivity index (χ2n) is 4.46. The Morgan fingerprint density at radius 1 is 1.47 bits per heavy atom. The number of likely N-dealkylation sites (N-methyl/N-ethyl adjacent to an activating group) is 1. The van der Waals surface area contributed by atoms with Crippen LogP contribution in [0.1, 0.15) is 29.6 Å². The molecule has 0 fully saturated rings. The van der Waals surface area contributed by atoms with Crippen molar-refractivity contribution in [2.24, 2.45) is 0 Å². The van der Waals surface area contributed by atoms with Gasteiger partial charge in [0.25, 0.3) is 0 Å². The Morgan fingerprint density at radius 2 is 2.33 bits per heavy atom. The molecule has 1 aliphatic carbocycles. The van der Waals surface area contributed by atoms with E-state index >= 15 is 0 Å². The monoisotopic (exact) mass is 204 g/mol. The Balaban J connectivity index is 2.12. The van der Waals surface area contributed by atoms with Crippen LogP contribution in [-0.4, -0.2) is 24.7 Å². The molecular weight excluding hydrogens is 188 g/mol. The van der Waals surface area contributed by atoms with Gasteiger partial charge in [-0.15, -0.1) is 0 Å². The third-order valence-corrected chi connectivity index (χ3v) is 3.70. The molecule has 0 saturated carbocycles. The maximum absolute atomic E-state index is 10.2. The normalized spacial score (nSPS) is 32.3. The predicted octanol–water partition coefficient (Wildman–Crippen LogP) is 1.22. The number of hydrogen-bond acceptors (Lipinski definition) is 3. The molecular formula is C12H16N2O. The highest BCUT2D eigenvalue weighted by Crippen LogP contribution is 2.44. The fourth-order valence-corrected chi connectivity index (χ4v) is 2.92. The lowest BCUT2D eigenvalue weighted by Crippen LogP contribution is -2.37. The fourth-order valence-electron chi connectivity index (χ4n) is 2.92. The third kappa shape index (κ3) is 1.20. The average molecular weight is 204 g/mol. The van der Waals surface area contributed by atoms with E-state index in [0.717, 1.165) is 18.5 Å². The summed E-state index contributed by atoms with van der Waals surface area (Å²) in [7, 11) is 1.92. The summed E-state index contributed by atoms with van der Waals surface area (Å²) in [6, 6.07) is 6.36. The van der Waals surface area contributed by atoms with Gasteiger partial charge in [0.1, 0.15) is 0 Å². The molecule has 0 bridgehead atoms. The second-order valence-corrected chi connectivity index (χ2v) is 4.46. The lowest BCUT2D eigenvalue weighted by molar-refractivity contribution is 0.114. The van der Waals surface area contributed by atoms with E-state index in [9.17, 15) is 5.11 Å². The van der Waals surface area contributed by atoms with Crippen LogP contribution < -0.4 is 10.6 Å². The van der Waals surface area contributed by atoms with Crippen molar-refractivity contribution in [2.75, 3.05) is 18.9 Å². The number of aliphatic hydroxyl groups excluding tert-OH is 1. The molecule has 3 unspecified atom stereocenters. The molecule has 0 spiro atoms. The molecule has 3 N–H and O–H groups in total. The molecule has 2 aliphatic rings.